The van der Waals surface area contributed by atoms with Crippen molar-refractivity contribution < 1.29 is 22.4 Å². The van der Waals surface area contributed by atoms with Crippen molar-refractivity contribution in [3.05, 3.63) is 82.8 Å². The number of nitrogens with one attached hydrogen (secondary N) is 1. The molecule has 0 fully saturated rings. The minimum absolute atomic E-state index is 0.115. The average molecular weight is 395 g/mol. The summed E-state index contributed by atoms with van der Waals surface area (Å²) >= 11 is 6.02. The van der Waals surface area contributed by atoms with Gasteiger partial charge in [-0.25, -0.2) is 4.39 Å². The van der Waals surface area contributed by atoms with E-state index in [1.165, 1.54) is 18.3 Å². The van der Waals surface area contributed by atoms with E-state index in [9.17, 15) is 22.4 Å². The van der Waals surface area contributed by atoms with Gasteiger partial charge in [-0.15, -0.1) is 0 Å². The fraction of sp³-hybridized carbons (Fsp3) is 0.0526. The number of carbonyl (C=O) groups excluding carboxylic acids is 1. The standard InChI is InChI=1S/C19H11ClF4N2O/c20-15-2-1-9-25-17(15)11-3-8-14(16(21)10-11)18(27)26-13-6-4-12(5-7-13)19(22,23)24/h1-10H,(H,26,27). The van der Waals surface area contributed by atoms with Crippen LogP contribution in [0, 0.1) is 5.82 Å². The van der Waals surface area contributed by atoms with Crippen LogP contribution in [0.3, 0.4) is 0 Å². The molecule has 0 saturated carbocycles. The van der Waals surface area contributed by atoms with E-state index in [4.69, 9.17) is 11.6 Å². The number of hydrogen-bond donors (Lipinski definition) is 1. The number of hydrogen-bond acceptors (Lipinski definition) is 2. The van der Waals surface area contributed by atoms with Crippen molar-refractivity contribution in [2.24, 2.45) is 0 Å². The van der Waals surface area contributed by atoms with E-state index < -0.39 is 23.5 Å². The van der Waals surface area contributed by atoms with Crippen molar-refractivity contribution >= 4 is 23.2 Å². The molecule has 138 valence electrons. The lowest BCUT2D eigenvalue weighted by Crippen LogP contribution is -2.14. The maximum absolute atomic E-state index is 14.4. The summed E-state index contributed by atoms with van der Waals surface area (Å²) in [7, 11) is 0. The molecular formula is C19H11ClF4N2O. The summed E-state index contributed by atoms with van der Waals surface area (Å²) in [5.41, 5.74) is -0.227. The highest BCUT2D eigenvalue weighted by atomic mass is 35.5. The van der Waals surface area contributed by atoms with Crippen LogP contribution in [-0.4, -0.2) is 10.9 Å². The van der Waals surface area contributed by atoms with Gasteiger partial charge in [-0.2, -0.15) is 13.2 Å². The number of aromatic nitrogens is 1. The van der Waals surface area contributed by atoms with Gasteiger partial charge in [0, 0.05) is 17.4 Å². The molecule has 3 aromatic rings. The molecule has 1 amide bonds. The van der Waals surface area contributed by atoms with Gasteiger partial charge in [0.2, 0.25) is 0 Å². The number of carbonyl (C=O) groups is 1. The van der Waals surface area contributed by atoms with Gasteiger partial charge in [-0.05, 0) is 48.5 Å². The number of anilines is 1. The molecule has 0 aliphatic carbocycles. The zero-order valence-corrected chi connectivity index (χ0v) is 14.3. The van der Waals surface area contributed by atoms with E-state index in [1.54, 1.807) is 12.1 Å². The van der Waals surface area contributed by atoms with Gasteiger partial charge >= 0.3 is 6.18 Å². The predicted molar refractivity (Wildman–Crippen MR) is 94.0 cm³/mol. The van der Waals surface area contributed by atoms with Crippen LogP contribution in [0.2, 0.25) is 5.02 Å². The number of alkyl halides is 3. The average Bonchev–Trinajstić information content (AvgIpc) is 2.61. The molecular weight excluding hydrogens is 384 g/mol. The molecule has 0 radical (unpaired) electrons. The topological polar surface area (TPSA) is 42.0 Å². The van der Waals surface area contributed by atoms with Crippen LogP contribution < -0.4 is 5.32 Å². The molecule has 0 aliphatic heterocycles. The third-order valence-corrected chi connectivity index (χ3v) is 4.02. The largest absolute Gasteiger partial charge is 0.416 e. The number of benzene rings is 2. The van der Waals surface area contributed by atoms with Gasteiger partial charge < -0.3 is 5.32 Å². The zero-order valence-electron chi connectivity index (χ0n) is 13.5. The lowest BCUT2D eigenvalue weighted by atomic mass is 10.1. The third-order valence-electron chi connectivity index (χ3n) is 3.72. The van der Waals surface area contributed by atoms with Crippen LogP contribution in [0.5, 0.6) is 0 Å². The van der Waals surface area contributed by atoms with E-state index in [0.717, 1.165) is 30.3 Å². The van der Waals surface area contributed by atoms with E-state index in [0.29, 0.717) is 16.3 Å². The Kier molecular flexibility index (Phi) is 5.14. The second-order valence-corrected chi connectivity index (χ2v) is 5.96. The molecule has 27 heavy (non-hydrogen) atoms. The second kappa shape index (κ2) is 7.36. The minimum Gasteiger partial charge on any atom is -0.322 e. The smallest absolute Gasteiger partial charge is 0.322 e. The molecule has 1 N–H and O–H groups in total. The lowest BCUT2D eigenvalue weighted by Gasteiger charge is -2.10. The Morgan fingerprint density at radius 1 is 1.04 bits per heavy atom. The number of nitrogens with zero attached hydrogens (tertiary/aromatic N) is 1. The van der Waals surface area contributed by atoms with Gasteiger partial charge in [0.25, 0.3) is 5.91 Å². The molecule has 3 rings (SSSR count). The first kappa shape index (κ1) is 18.8. The summed E-state index contributed by atoms with van der Waals surface area (Å²) in [6.07, 6.45) is -2.97. The first-order valence-electron chi connectivity index (χ1n) is 7.65. The highest BCUT2D eigenvalue weighted by Gasteiger charge is 2.30. The highest BCUT2D eigenvalue weighted by Crippen LogP contribution is 2.30. The maximum Gasteiger partial charge on any atom is 0.416 e. The summed E-state index contributed by atoms with van der Waals surface area (Å²) < 4.78 is 52.0. The zero-order chi connectivity index (χ0) is 19.6. The highest BCUT2D eigenvalue weighted by molar-refractivity contribution is 6.33. The van der Waals surface area contributed by atoms with Crippen molar-refractivity contribution in [2.75, 3.05) is 5.32 Å². The Morgan fingerprint density at radius 2 is 1.74 bits per heavy atom. The Morgan fingerprint density at radius 3 is 2.33 bits per heavy atom. The van der Waals surface area contributed by atoms with Crippen molar-refractivity contribution in [2.45, 2.75) is 6.18 Å². The van der Waals surface area contributed by atoms with Crippen molar-refractivity contribution in [1.29, 1.82) is 0 Å². The molecule has 0 spiro atoms. The van der Waals surface area contributed by atoms with Crippen LogP contribution >= 0.6 is 11.6 Å². The Hall–Kier alpha value is -2.93. The molecule has 3 nitrogen and oxygen atoms in total. The normalized spacial score (nSPS) is 11.3. The third kappa shape index (κ3) is 4.25. The van der Waals surface area contributed by atoms with Gasteiger partial charge in [-0.1, -0.05) is 17.7 Å². The molecule has 8 heteroatoms. The number of amides is 1. The summed E-state index contributed by atoms with van der Waals surface area (Å²) in [4.78, 5) is 16.3. The van der Waals surface area contributed by atoms with E-state index >= 15 is 0 Å². The summed E-state index contributed by atoms with van der Waals surface area (Å²) in [5.74, 6) is -1.59. The molecule has 0 unspecified atom stereocenters. The Labute approximate surface area is 156 Å². The van der Waals surface area contributed by atoms with Crippen LogP contribution in [0.25, 0.3) is 11.3 Å². The van der Waals surface area contributed by atoms with Crippen molar-refractivity contribution in [1.82, 2.24) is 4.98 Å². The second-order valence-electron chi connectivity index (χ2n) is 5.56. The molecule has 0 bridgehead atoms. The Balaban J connectivity index is 1.80. The first-order valence-corrected chi connectivity index (χ1v) is 8.02. The van der Waals surface area contributed by atoms with Crippen LogP contribution in [0.1, 0.15) is 15.9 Å². The number of halogens is 5. The van der Waals surface area contributed by atoms with Gasteiger partial charge in [0.1, 0.15) is 5.82 Å². The van der Waals surface area contributed by atoms with Gasteiger partial charge in [0.05, 0.1) is 21.8 Å². The van der Waals surface area contributed by atoms with Gasteiger partial charge in [-0.3, -0.25) is 9.78 Å². The van der Waals surface area contributed by atoms with Crippen LogP contribution in [0.15, 0.2) is 60.8 Å². The van der Waals surface area contributed by atoms with Crippen molar-refractivity contribution in [3.63, 3.8) is 0 Å². The number of rotatable bonds is 3. The molecule has 0 aliphatic rings. The summed E-state index contributed by atoms with van der Waals surface area (Å²) in [6, 6.07) is 11.0. The van der Waals surface area contributed by atoms with E-state index in [1.807, 2.05) is 0 Å². The Bertz CT molecular complexity index is 988. The SMILES string of the molecule is O=C(Nc1ccc(C(F)(F)F)cc1)c1ccc(-c2ncccc2Cl)cc1F. The van der Waals surface area contributed by atoms with E-state index in [2.05, 4.69) is 10.3 Å². The molecule has 1 aromatic heterocycles. The molecule has 0 saturated heterocycles. The van der Waals surface area contributed by atoms with Crippen LogP contribution in [0.4, 0.5) is 23.2 Å². The lowest BCUT2D eigenvalue weighted by molar-refractivity contribution is -0.137. The van der Waals surface area contributed by atoms with Crippen LogP contribution in [-0.2, 0) is 6.18 Å². The predicted octanol–water partition coefficient (Wildman–Crippen LogP) is 5.81. The molecule has 0 atom stereocenters. The molecule has 1 heterocycles. The monoisotopic (exact) mass is 394 g/mol. The van der Waals surface area contributed by atoms with Gasteiger partial charge in [0.15, 0.2) is 0 Å². The summed E-state index contributed by atoms with van der Waals surface area (Å²) in [6.45, 7) is 0. The van der Waals surface area contributed by atoms with Crippen molar-refractivity contribution in [3.8, 4) is 11.3 Å². The number of pyridine rings is 1. The first-order chi connectivity index (χ1) is 12.8. The maximum atomic E-state index is 14.4. The summed E-state index contributed by atoms with van der Waals surface area (Å²) in [5, 5.41) is 2.69. The fourth-order valence-corrected chi connectivity index (χ4v) is 2.62. The minimum atomic E-state index is -4.47. The molecule has 2 aromatic carbocycles. The fourth-order valence-electron chi connectivity index (χ4n) is 2.39. The quantitative estimate of drug-likeness (QED) is 0.569. The van der Waals surface area contributed by atoms with E-state index in [-0.39, 0.29) is 11.3 Å².